The minimum absolute atomic E-state index is 0.0214. The standard InChI is InChI=1S/C33H35NO5/c1-21-8-9-23(17-30(21)24-6-5-7-29(20-24)37-4)16-27(35)19-26-18-25-10-11-31(22(2)32(25)39-33(26)36)38-28-12-14-34(3)15-13-28/h5-11,17-18,20,28H,12-16,19H2,1-4H3. The van der Waals surface area contributed by atoms with Crippen molar-refractivity contribution < 1.29 is 18.7 Å². The zero-order valence-corrected chi connectivity index (χ0v) is 23.1. The summed E-state index contributed by atoms with van der Waals surface area (Å²) < 4.78 is 17.4. The summed E-state index contributed by atoms with van der Waals surface area (Å²) in [5, 5.41) is 0.793. The van der Waals surface area contributed by atoms with Crippen LogP contribution in [0.25, 0.3) is 22.1 Å². The van der Waals surface area contributed by atoms with Crippen molar-refractivity contribution in [1.29, 1.82) is 0 Å². The van der Waals surface area contributed by atoms with Crippen LogP contribution in [0.3, 0.4) is 0 Å². The lowest BCUT2D eigenvalue weighted by atomic mass is 9.95. The molecule has 5 rings (SSSR count). The summed E-state index contributed by atoms with van der Waals surface area (Å²) in [7, 11) is 3.77. The Hall–Kier alpha value is -3.90. The van der Waals surface area contributed by atoms with E-state index in [9.17, 15) is 9.59 Å². The summed E-state index contributed by atoms with van der Waals surface area (Å²) in [5.41, 5.74) is 5.33. The second-order valence-corrected chi connectivity index (χ2v) is 10.6. The van der Waals surface area contributed by atoms with Gasteiger partial charge in [-0.1, -0.05) is 30.3 Å². The van der Waals surface area contributed by atoms with Gasteiger partial charge in [-0.3, -0.25) is 4.79 Å². The van der Waals surface area contributed by atoms with Crippen LogP contribution in [0, 0.1) is 13.8 Å². The Labute approximate surface area is 229 Å². The molecule has 0 atom stereocenters. The van der Waals surface area contributed by atoms with Gasteiger partial charge in [-0.15, -0.1) is 0 Å². The first-order valence-electron chi connectivity index (χ1n) is 13.5. The predicted molar refractivity (Wildman–Crippen MR) is 154 cm³/mol. The molecule has 0 bridgehead atoms. The van der Waals surface area contributed by atoms with Crippen LogP contribution in [-0.4, -0.2) is 44.0 Å². The van der Waals surface area contributed by atoms with Crippen molar-refractivity contribution in [2.24, 2.45) is 0 Å². The first-order valence-corrected chi connectivity index (χ1v) is 13.5. The second kappa shape index (κ2) is 11.5. The summed E-state index contributed by atoms with van der Waals surface area (Å²) in [5.74, 6) is 1.49. The number of carbonyl (C=O) groups is 1. The van der Waals surface area contributed by atoms with Crippen LogP contribution in [0.1, 0.15) is 35.1 Å². The van der Waals surface area contributed by atoms with Crippen molar-refractivity contribution in [1.82, 2.24) is 4.90 Å². The summed E-state index contributed by atoms with van der Waals surface area (Å²) >= 11 is 0. The van der Waals surface area contributed by atoms with E-state index in [1.807, 2.05) is 68.4 Å². The maximum atomic E-state index is 13.0. The molecule has 1 aliphatic rings. The first kappa shape index (κ1) is 26.7. The number of likely N-dealkylation sites (tertiary alicyclic amines) is 1. The van der Waals surface area contributed by atoms with Crippen LogP contribution in [0.5, 0.6) is 11.5 Å². The Morgan fingerprint density at radius 3 is 2.56 bits per heavy atom. The lowest BCUT2D eigenvalue weighted by Crippen LogP contribution is -2.35. The smallest absolute Gasteiger partial charge is 0.339 e. The van der Waals surface area contributed by atoms with Gasteiger partial charge in [0, 0.05) is 42.4 Å². The van der Waals surface area contributed by atoms with E-state index in [4.69, 9.17) is 13.9 Å². The molecule has 2 heterocycles. The summed E-state index contributed by atoms with van der Waals surface area (Å²) in [6.45, 7) is 5.98. The van der Waals surface area contributed by atoms with E-state index in [0.717, 1.165) is 70.6 Å². The summed E-state index contributed by atoms with van der Waals surface area (Å²) in [6.07, 6.45) is 2.36. The number of carbonyl (C=O) groups excluding carboxylic acids is 1. The molecule has 1 aromatic heterocycles. The third-order valence-corrected chi connectivity index (χ3v) is 7.60. The van der Waals surface area contributed by atoms with Crippen molar-refractivity contribution in [2.75, 3.05) is 27.2 Å². The Balaban J connectivity index is 1.32. The molecule has 1 saturated heterocycles. The number of rotatable bonds is 8. The Bertz CT molecular complexity index is 1560. The molecule has 0 saturated carbocycles. The fourth-order valence-electron chi connectivity index (χ4n) is 5.27. The van der Waals surface area contributed by atoms with Gasteiger partial charge >= 0.3 is 5.63 Å². The van der Waals surface area contributed by atoms with Gasteiger partial charge < -0.3 is 18.8 Å². The van der Waals surface area contributed by atoms with E-state index >= 15 is 0 Å². The van der Waals surface area contributed by atoms with Crippen LogP contribution < -0.4 is 15.1 Å². The third-order valence-electron chi connectivity index (χ3n) is 7.60. The topological polar surface area (TPSA) is 69.0 Å². The Morgan fingerprint density at radius 2 is 1.79 bits per heavy atom. The molecule has 1 fully saturated rings. The van der Waals surface area contributed by atoms with E-state index in [-0.39, 0.29) is 24.7 Å². The third kappa shape index (κ3) is 6.07. The number of hydrogen-bond acceptors (Lipinski definition) is 6. The number of nitrogens with zero attached hydrogens (tertiary/aromatic N) is 1. The number of piperidine rings is 1. The van der Waals surface area contributed by atoms with Crippen molar-refractivity contribution >= 4 is 16.8 Å². The van der Waals surface area contributed by atoms with Crippen LogP contribution >= 0.6 is 0 Å². The van der Waals surface area contributed by atoms with Crippen molar-refractivity contribution in [3.63, 3.8) is 0 Å². The first-order chi connectivity index (χ1) is 18.8. The molecular weight excluding hydrogens is 490 g/mol. The van der Waals surface area contributed by atoms with Crippen LogP contribution in [-0.2, 0) is 17.6 Å². The minimum Gasteiger partial charge on any atom is -0.497 e. The fraction of sp³-hybridized carbons (Fsp3) is 0.333. The second-order valence-electron chi connectivity index (χ2n) is 10.6. The number of hydrogen-bond donors (Lipinski definition) is 0. The minimum atomic E-state index is -0.476. The molecule has 0 amide bonds. The number of Topliss-reactive ketones (excluding diaryl/α,β-unsaturated/α-hetero) is 1. The average Bonchev–Trinajstić information content (AvgIpc) is 2.93. The highest BCUT2D eigenvalue weighted by atomic mass is 16.5. The number of ketones is 1. The summed E-state index contributed by atoms with van der Waals surface area (Å²) in [4.78, 5) is 28.2. The van der Waals surface area contributed by atoms with E-state index < -0.39 is 5.63 Å². The molecule has 0 aliphatic carbocycles. The number of fused-ring (bicyclic) bond motifs is 1. The lowest BCUT2D eigenvalue weighted by molar-refractivity contribution is -0.117. The zero-order valence-electron chi connectivity index (χ0n) is 23.1. The Morgan fingerprint density at radius 1 is 1.00 bits per heavy atom. The van der Waals surface area contributed by atoms with Crippen molar-refractivity contribution in [2.45, 2.75) is 45.6 Å². The number of aryl methyl sites for hydroxylation is 2. The normalized spacial score (nSPS) is 14.5. The molecule has 202 valence electrons. The maximum absolute atomic E-state index is 13.0. The fourth-order valence-corrected chi connectivity index (χ4v) is 5.27. The monoisotopic (exact) mass is 525 g/mol. The number of benzene rings is 3. The van der Waals surface area contributed by atoms with Gasteiger partial charge in [0.15, 0.2) is 0 Å². The molecule has 1 aliphatic heterocycles. The van der Waals surface area contributed by atoms with E-state index in [1.165, 1.54) is 0 Å². The average molecular weight is 526 g/mol. The lowest BCUT2D eigenvalue weighted by Gasteiger charge is -2.29. The van der Waals surface area contributed by atoms with E-state index in [2.05, 4.69) is 11.9 Å². The van der Waals surface area contributed by atoms with Crippen molar-refractivity contribution in [3.8, 4) is 22.6 Å². The van der Waals surface area contributed by atoms with Gasteiger partial charge in [-0.2, -0.15) is 0 Å². The molecular formula is C33H35NO5. The van der Waals surface area contributed by atoms with Crippen LogP contribution in [0.4, 0.5) is 0 Å². The van der Waals surface area contributed by atoms with E-state index in [0.29, 0.717) is 11.1 Å². The van der Waals surface area contributed by atoms with Gasteiger partial charge in [0.2, 0.25) is 0 Å². The highest BCUT2D eigenvalue weighted by molar-refractivity contribution is 5.86. The van der Waals surface area contributed by atoms with Gasteiger partial charge in [-0.25, -0.2) is 4.79 Å². The summed E-state index contributed by atoms with van der Waals surface area (Å²) in [6, 6.07) is 19.5. The highest BCUT2D eigenvalue weighted by Crippen LogP contribution is 2.30. The number of ether oxygens (including phenoxy) is 2. The van der Waals surface area contributed by atoms with Crippen LogP contribution in [0.15, 0.2) is 69.9 Å². The van der Waals surface area contributed by atoms with Crippen LogP contribution in [0.2, 0.25) is 0 Å². The molecule has 0 N–H and O–H groups in total. The Kier molecular flexibility index (Phi) is 7.84. The zero-order chi connectivity index (χ0) is 27.5. The predicted octanol–water partition coefficient (Wildman–Crippen LogP) is 5.91. The largest absolute Gasteiger partial charge is 0.497 e. The highest BCUT2D eigenvalue weighted by Gasteiger charge is 2.20. The molecule has 6 nitrogen and oxygen atoms in total. The molecule has 6 heteroatoms. The van der Waals surface area contributed by atoms with Gasteiger partial charge in [0.25, 0.3) is 0 Å². The molecule has 4 aromatic rings. The quantitative estimate of drug-likeness (QED) is 0.266. The SMILES string of the molecule is COc1cccc(-c2cc(CC(=O)Cc3cc4ccc(OC5CCN(C)CC5)c(C)c4oc3=O)ccc2C)c1. The molecule has 0 unspecified atom stereocenters. The van der Waals surface area contributed by atoms with E-state index in [1.54, 1.807) is 13.2 Å². The van der Waals surface area contributed by atoms with Gasteiger partial charge in [0.1, 0.15) is 29.0 Å². The van der Waals surface area contributed by atoms with Gasteiger partial charge in [0.05, 0.1) is 7.11 Å². The molecule has 0 radical (unpaired) electrons. The maximum Gasteiger partial charge on any atom is 0.339 e. The van der Waals surface area contributed by atoms with Gasteiger partial charge in [-0.05, 0) is 86.3 Å². The molecule has 0 spiro atoms. The van der Waals surface area contributed by atoms with Crippen molar-refractivity contribution in [3.05, 3.63) is 93.3 Å². The molecule has 39 heavy (non-hydrogen) atoms. The molecule has 3 aromatic carbocycles. The number of methoxy groups -OCH3 is 1.